The standard InChI is InChI=1S/C21H25N7O2/c1-13(9-10-29)22-19-17-20(24-18(23-17)16-11-14(2)27(3)26-16)28(21(30)25-19)12-15-7-5-4-6-8-15/h4-8,11,13,29H,9-10,12H2,1-3H3,(H,23,24)(H,22,25,30). The average Bonchev–Trinajstić information content (AvgIpc) is 3.30. The van der Waals surface area contributed by atoms with Crippen LogP contribution in [0.15, 0.2) is 41.2 Å². The van der Waals surface area contributed by atoms with E-state index in [9.17, 15) is 9.90 Å². The summed E-state index contributed by atoms with van der Waals surface area (Å²) in [6.45, 7) is 4.30. The second-order valence-corrected chi connectivity index (χ2v) is 7.45. The number of aryl methyl sites for hydroxylation is 2. The second kappa shape index (κ2) is 8.11. The molecule has 156 valence electrons. The Bertz CT molecular complexity index is 1200. The van der Waals surface area contributed by atoms with Crippen LogP contribution in [-0.4, -0.2) is 47.1 Å². The summed E-state index contributed by atoms with van der Waals surface area (Å²) in [6.07, 6.45) is 0.538. The van der Waals surface area contributed by atoms with Crippen LogP contribution in [0.25, 0.3) is 22.7 Å². The zero-order chi connectivity index (χ0) is 21.3. The Hall–Kier alpha value is -3.46. The molecule has 3 N–H and O–H groups in total. The lowest BCUT2D eigenvalue weighted by Crippen LogP contribution is -2.27. The summed E-state index contributed by atoms with van der Waals surface area (Å²) in [4.78, 5) is 25.2. The van der Waals surface area contributed by atoms with Crippen molar-refractivity contribution in [2.24, 2.45) is 7.05 Å². The summed E-state index contributed by atoms with van der Waals surface area (Å²) in [5.41, 5.74) is 3.43. The van der Waals surface area contributed by atoms with Crippen molar-refractivity contribution in [2.45, 2.75) is 32.9 Å². The molecule has 0 fully saturated rings. The highest BCUT2D eigenvalue weighted by Crippen LogP contribution is 2.24. The van der Waals surface area contributed by atoms with Crippen molar-refractivity contribution in [1.29, 1.82) is 0 Å². The molecule has 3 aromatic heterocycles. The van der Waals surface area contributed by atoms with E-state index in [1.807, 2.05) is 57.3 Å². The van der Waals surface area contributed by atoms with Crippen molar-refractivity contribution in [1.82, 2.24) is 29.3 Å². The Morgan fingerprint density at radius 2 is 2.00 bits per heavy atom. The van der Waals surface area contributed by atoms with Gasteiger partial charge in [-0.05, 0) is 31.9 Å². The predicted octanol–water partition coefficient (Wildman–Crippen LogP) is 2.06. The summed E-state index contributed by atoms with van der Waals surface area (Å²) in [5.74, 6) is 0.993. The number of H-pyrrole nitrogens is 1. The number of nitrogens with one attached hydrogen (secondary N) is 2. The van der Waals surface area contributed by atoms with E-state index >= 15 is 0 Å². The van der Waals surface area contributed by atoms with Crippen LogP contribution in [-0.2, 0) is 13.6 Å². The SMILES string of the molecule is Cc1cc(-c2nc3c([nH]2)c(NC(C)CCO)nc(=O)n3Cc2ccccc2)nn1C. The molecular formula is C21H25N7O2. The van der Waals surface area contributed by atoms with Gasteiger partial charge in [-0.15, -0.1) is 0 Å². The number of hydrogen-bond acceptors (Lipinski definition) is 6. The number of aromatic nitrogens is 6. The fourth-order valence-electron chi connectivity index (χ4n) is 3.34. The number of aliphatic hydroxyl groups is 1. The maximum atomic E-state index is 12.9. The first kappa shape index (κ1) is 19.8. The number of benzene rings is 1. The van der Waals surface area contributed by atoms with Crippen LogP contribution in [0, 0.1) is 6.92 Å². The minimum absolute atomic E-state index is 0.0455. The molecule has 1 aromatic carbocycles. The van der Waals surface area contributed by atoms with Crippen LogP contribution in [0.4, 0.5) is 5.82 Å². The van der Waals surface area contributed by atoms with Crippen LogP contribution in [0.2, 0.25) is 0 Å². The van der Waals surface area contributed by atoms with Crippen molar-refractivity contribution in [3.8, 4) is 11.5 Å². The molecular weight excluding hydrogens is 382 g/mol. The predicted molar refractivity (Wildman–Crippen MR) is 115 cm³/mol. The summed E-state index contributed by atoms with van der Waals surface area (Å²) >= 11 is 0. The number of aliphatic hydroxyl groups excluding tert-OH is 1. The highest BCUT2D eigenvalue weighted by Gasteiger charge is 2.19. The first-order valence-electron chi connectivity index (χ1n) is 9.89. The zero-order valence-electron chi connectivity index (χ0n) is 17.3. The van der Waals surface area contributed by atoms with Crippen molar-refractivity contribution in [3.05, 3.63) is 58.1 Å². The molecule has 3 heterocycles. The fraction of sp³-hybridized carbons (Fsp3) is 0.333. The number of rotatable bonds is 7. The lowest BCUT2D eigenvalue weighted by molar-refractivity contribution is 0.282. The van der Waals surface area contributed by atoms with E-state index in [2.05, 4.69) is 20.4 Å². The van der Waals surface area contributed by atoms with Gasteiger partial charge in [0, 0.05) is 25.4 Å². The van der Waals surface area contributed by atoms with Gasteiger partial charge in [0.2, 0.25) is 0 Å². The number of aromatic amines is 1. The third-order valence-electron chi connectivity index (χ3n) is 5.10. The largest absolute Gasteiger partial charge is 0.396 e. The average molecular weight is 407 g/mol. The smallest absolute Gasteiger partial charge is 0.351 e. The fourth-order valence-corrected chi connectivity index (χ4v) is 3.34. The summed E-state index contributed by atoms with van der Waals surface area (Å²) in [5, 5.41) is 16.9. The molecule has 4 rings (SSSR count). The molecule has 0 saturated heterocycles. The van der Waals surface area contributed by atoms with E-state index in [-0.39, 0.29) is 18.3 Å². The molecule has 0 radical (unpaired) electrons. The first-order valence-corrected chi connectivity index (χ1v) is 9.89. The molecule has 4 aromatic rings. The van der Waals surface area contributed by atoms with Crippen LogP contribution in [0.5, 0.6) is 0 Å². The maximum absolute atomic E-state index is 12.9. The van der Waals surface area contributed by atoms with Crippen LogP contribution in [0.3, 0.4) is 0 Å². The monoisotopic (exact) mass is 407 g/mol. The zero-order valence-corrected chi connectivity index (χ0v) is 17.3. The Morgan fingerprint density at radius 3 is 2.67 bits per heavy atom. The molecule has 0 bridgehead atoms. The number of nitrogens with zero attached hydrogens (tertiary/aromatic N) is 5. The Kier molecular flexibility index (Phi) is 5.37. The number of hydrogen-bond donors (Lipinski definition) is 3. The molecule has 9 heteroatoms. The molecule has 1 unspecified atom stereocenters. The van der Waals surface area contributed by atoms with Crippen LogP contribution >= 0.6 is 0 Å². The molecule has 0 amide bonds. The third kappa shape index (κ3) is 3.84. The minimum atomic E-state index is -0.389. The van der Waals surface area contributed by atoms with Gasteiger partial charge in [0.1, 0.15) is 11.2 Å². The molecule has 0 saturated carbocycles. The number of imidazole rings is 1. The molecule has 0 aliphatic carbocycles. The summed E-state index contributed by atoms with van der Waals surface area (Å²) < 4.78 is 3.34. The number of fused-ring (bicyclic) bond motifs is 1. The van der Waals surface area contributed by atoms with Gasteiger partial charge in [-0.3, -0.25) is 9.25 Å². The molecule has 0 aliphatic rings. The van der Waals surface area contributed by atoms with Gasteiger partial charge >= 0.3 is 5.69 Å². The van der Waals surface area contributed by atoms with Gasteiger partial charge in [-0.25, -0.2) is 9.78 Å². The van der Waals surface area contributed by atoms with Crippen LogP contribution < -0.4 is 11.0 Å². The third-order valence-corrected chi connectivity index (χ3v) is 5.10. The highest BCUT2D eigenvalue weighted by atomic mass is 16.3. The van der Waals surface area contributed by atoms with E-state index in [0.29, 0.717) is 41.5 Å². The Balaban J connectivity index is 1.86. The van der Waals surface area contributed by atoms with Gasteiger partial charge in [0.05, 0.1) is 6.54 Å². The Labute approximate surface area is 173 Å². The quantitative estimate of drug-likeness (QED) is 0.432. The highest BCUT2D eigenvalue weighted by molar-refractivity contribution is 5.85. The van der Waals surface area contributed by atoms with Gasteiger partial charge in [-0.1, -0.05) is 30.3 Å². The summed E-state index contributed by atoms with van der Waals surface area (Å²) in [7, 11) is 1.87. The second-order valence-electron chi connectivity index (χ2n) is 7.45. The van der Waals surface area contributed by atoms with E-state index in [1.54, 1.807) is 9.25 Å². The van der Waals surface area contributed by atoms with E-state index in [4.69, 9.17) is 4.98 Å². The van der Waals surface area contributed by atoms with Gasteiger partial charge < -0.3 is 15.4 Å². The molecule has 0 spiro atoms. The maximum Gasteiger partial charge on any atom is 0.351 e. The lowest BCUT2D eigenvalue weighted by atomic mass is 10.2. The summed E-state index contributed by atoms with van der Waals surface area (Å²) in [6, 6.07) is 11.6. The number of anilines is 1. The van der Waals surface area contributed by atoms with Crippen molar-refractivity contribution >= 4 is 17.0 Å². The lowest BCUT2D eigenvalue weighted by Gasteiger charge is -2.14. The van der Waals surface area contributed by atoms with Gasteiger partial charge in [-0.2, -0.15) is 10.1 Å². The molecule has 30 heavy (non-hydrogen) atoms. The topological polar surface area (TPSA) is 114 Å². The van der Waals surface area contributed by atoms with Crippen LogP contribution in [0.1, 0.15) is 24.6 Å². The van der Waals surface area contributed by atoms with Crippen molar-refractivity contribution in [2.75, 3.05) is 11.9 Å². The van der Waals surface area contributed by atoms with Crippen molar-refractivity contribution in [3.63, 3.8) is 0 Å². The van der Waals surface area contributed by atoms with Crippen molar-refractivity contribution < 1.29 is 5.11 Å². The molecule has 9 nitrogen and oxygen atoms in total. The van der Waals surface area contributed by atoms with E-state index in [1.165, 1.54) is 0 Å². The Morgan fingerprint density at radius 1 is 1.23 bits per heavy atom. The first-order chi connectivity index (χ1) is 14.5. The normalized spacial score (nSPS) is 12.4. The molecule has 0 aliphatic heterocycles. The van der Waals surface area contributed by atoms with E-state index < -0.39 is 0 Å². The minimum Gasteiger partial charge on any atom is -0.396 e. The van der Waals surface area contributed by atoms with E-state index in [0.717, 1.165) is 11.3 Å². The molecule has 1 atom stereocenters. The van der Waals surface area contributed by atoms with Gasteiger partial charge in [0.15, 0.2) is 17.3 Å². The van der Waals surface area contributed by atoms with Gasteiger partial charge in [0.25, 0.3) is 0 Å².